The monoisotopic (exact) mass is 333 g/mol. The molecule has 2 atom stereocenters. The minimum Gasteiger partial charge on any atom is -0.493 e. The molecule has 128 valence electrons. The van der Waals surface area contributed by atoms with Crippen LogP contribution in [0.4, 0.5) is 8.78 Å². The maximum Gasteiger partial charge on any atom is 0.254 e. The Morgan fingerprint density at radius 1 is 1.33 bits per heavy atom. The molecule has 0 spiro atoms. The molecule has 1 amide bonds. The molecule has 3 aliphatic rings. The van der Waals surface area contributed by atoms with E-state index in [0.29, 0.717) is 32.5 Å². The van der Waals surface area contributed by atoms with Crippen molar-refractivity contribution in [3.05, 3.63) is 42.0 Å². The third kappa shape index (κ3) is 2.60. The van der Waals surface area contributed by atoms with Crippen molar-refractivity contribution in [3.8, 4) is 5.75 Å². The van der Waals surface area contributed by atoms with Crippen LogP contribution in [0, 0.1) is 17.8 Å². The quantitative estimate of drug-likeness (QED) is 0.790. The van der Waals surface area contributed by atoms with Gasteiger partial charge < -0.3 is 9.64 Å². The van der Waals surface area contributed by atoms with Crippen LogP contribution in [0.5, 0.6) is 5.75 Å². The van der Waals surface area contributed by atoms with Gasteiger partial charge in [-0.05, 0) is 54.5 Å². The lowest BCUT2D eigenvalue weighted by Crippen LogP contribution is -2.34. The molecule has 1 heterocycles. The molecule has 2 fully saturated rings. The zero-order chi connectivity index (χ0) is 16.9. The van der Waals surface area contributed by atoms with Crippen LogP contribution in [0.25, 0.3) is 0 Å². The maximum atomic E-state index is 13.2. The molecule has 5 heteroatoms. The number of alkyl halides is 2. The summed E-state index contributed by atoms with van der Waals surface area (Å²) in [6.45, 7) is 5.30. The van der Waals surface area contributed by atoms with Gasteiger partial charge in [0.25, 0.3) is 5.92 Å². The summed E-state index contributed by atoms with van der Waals surface area (Å²) < 4.78 is 32.3. The molecule has 1 aliphatic heterocycles. The third-order valence-corrected chi connectivity index (χ3v) is 5.70. The second-order valence-electron chi connectivity index (χ2n) is 7.18. The zero-order valence-corrected chi connectivity index (χ0v) is 13.5. The lowest BCUT2D eigenvalue weighted by atomic mass is 9.99. The fourth-order valence-corrected chi connectivity index (χ4v) is 4.21. The van der Waals surface area contributed by atoms with Gasteiger partial charge in [0, 0.05) is 24.9 Å². The Morgan fingerprint density at radius 2 is 2.08 bits per heavy atom. The number of nitrogens with zero attached hydrogens (tertiary/aromatic N) is 1. The van der Waals surface area contributed by atoms with Crippen molar-refractivity contribution in [1.29, 1.82) is 0 Å². The van der Waals surface area contributed by atoms with Crippen molar-refractivity contribution in [3.63, 3.8) is 0 Å². The minimum atomic E-state index is -2.41. The fraction of sp³-hybridized carbons (Fsp3) is 0.526. The summed E-state index contributed by atoms with van der Waals surface area (Å²) >= 11 is 0. The van der Waals surface area contributed by atoms with Crippen LogP contribution in [-0.4, -0.2) is 29.9 Å². The molecular formula is C19H21F2NO2. The molecule has 2 aliphatic carbocycles. The molecule has 4 rings (SSSR count). The molecule has 0 bridgehead atoms. The van der Waals surface area contributed by atoms with Gasteiger partial charge in [-0.15, -0.1) is 0 Å². The summed E-state index contributed by atoms with van der Waals surface area (Å²) in [5.41, 5.74) is 2.33. The van der Waals surface area contributed by atoms with Gasteiger partial charge in [-0.2, -0.15) is 0 Å². The van der Waals surface area contributed by atoms with Crippen LogP contribution in [0.1, 0.15) is 24.0 Å². The highest BCUT2D eigenvalue weighted by atomic mass is 19.3. The Hall–Kier alpha value is -1.91. The maximum absolute atomic E-state index is 13.2. The van der Waals surface area contributed by atoms with Crippen LogP contribution >= 0.6 is 0 Å². The average Bonchev–Trinajstić information content (AvgIpc) is 2.93. The summed E-state index contributed by atoms with van der Waals surface area (Å²) in [5.74, 6) is -2.30. The van der Waals surface area contributed by atoms with Crippen LogP contribution in [0.2, 0.25) is 0 Å². The van der Waals surface area contributed by atoms with Crippen molar-refractivity contribution in [2.75, 3.05) is 13.2 Å². The number of hydrogen-bond acceptors (Lipinski definition) is 2. The Bertz CT molecular complexity index is 674. The van der Waals surface area contributed by atoms with Gasteiger partial charge >= 0.3 is 0 Å². The van der Waals surface area contributed by atoms with Gasteiger partial charge in [-0.3, -0.25) is 4.79 Å². The van der Waals surface area contributed by atoms with Crippen molar-refractivity contribution < 1.29 is 18.3 Å². The smallest absolute Gasteiger partial charge is 0.254 e. The lowest BCUT2D eigenvalue weighted by Gasteiger charge is -2.28. The molecule has 1 aromatic rings. The van der Waals surface area contributed by atoms with Gasteiger partial charge in [0.05, 0.1) is 6.61 Å². The standard InChI is InChI=1S/C19H21F2NO2/c1-2-18(23)22-6-5-13-3-4-15(9-14(13)10-22)24-11-12-7-16-17(8-12)19(16,20)21/h2-4,9,12,16-17H,1,5-8,10-11H2. The second kappa shape index (κ2) is 5.57. The molecule has 2 unspecified atom stereocenters. The van der Waals surface area contributed by atoms with Gasteiger partial charge in [0.1, 0.15) is 5.75 Å². The minimum absolute atomic E-state index is 0.0573. The van der Waals surface area contributed by atoms with E-state index in [1.165, 1.54) is 11.6 Å². The number of fused-ring (bicyclic) bond motifs is 2. The normalized spacial score (nSPS) is 29.6. The number of amides is 1. The van der Waals surface area contributed by atoms with Crippen LogP contribution in [0.15, 0.2) is 30.9 Å². The van der Waals surface area contributed by atoms with Crippen molar-refractivity contribution >= 4 is 5.91 Å². The van der Waals surface area contributed by atoms with E-state index >= 15 is 0 Å². The van der Waals surface area contributed by atoms with Crippen molar-refractivity contribution in [2.45, 2.75) is 31.7 Å². The van der Waals surface area contributed by atoms with E-state index in [1.807, 2.05) is 18.2 Å². The SMILES string of the molecule is C=CC(=O)N1CCc2ccc(OCC3CC4C(C3)C4(F)F)cc2C1. The van der Waals surface area contributed by atoms with E-state index in [1.54, 1.807) is 4.90 Å². The largest absolute Gasteiger partial charge is 0.493 e. The first-order valence-corrected chi connectivity index (χ1v) is 8.52. The Morgan fingerprint density at radius 3 is 2.79 bits per heavy atom. The molecule has 0 N–H and O–H groups in total. The number of hydrogen-bond donors (Lipinski definition) is 0. The van der Waals surface area contributed by atoms with E-state index in [2.05, 4.69) is 6.58 Å². The molecule has 24 heavy (non-hydrogen) atoms. The third-order valence-electron chi connectivity index (χ3n) is 5.70. The molecule has 0 aromatic heterocycles. The van der Waals surface area contributed by atoms with Crippen LogP contribution in [0.3, 0.4) is 0 Å². The summed E-state index contributed by atoms with van der Waals surface area (Å²) in [6.07, 6.45) is 3.32. The average molecular weight is 333 g/mol. The molecule has 0 saturated heterocycles. The van der Waals surface area contributed by atoms with Crippen molar-refractivity contribution in [2.24, 2.45) is 17.8 Å². The van der Waals surface area contributed by atoms with Gasteiger partial charge in [0.15, 0.2) is 0 Å². The summed E-state index contributed by atoms with van der Waals surface area (Å²) in [6, 6.07) is 5.96. The van der Waals surface area contributed by atoms with E-state index in [9.17, 15) is 13.6 Å². The van der Waals surface area contributed by atoms with Crippen LogP contribution < -0.4 is 4.74 Å². The number of benzene rings is 1. The first-order valence-electron chi connectivity index (χ1n) is 8.52. The van der Waals surface area contributed by atoms with E-state index < -0.39 is 17.8 Å². The van der Waals surface area contributed by atoms with Crippen LogP contribution in [-0.2, 0) is 17.8 Å². The topological polar surface area (TPSA) is 29.5 Å². The first kappa shape index (κ1) is 15.6. The van der Waals surface area contributed by atoms with Crippen molar-refractivity contribution in [1.82, 2.24) is 4.90 Å². The Labute approximate surface area is 140 Å². The second-order valence-corrected chi connectivity index (χ2v) is 7.18. The number of carbonyl (C=O) groups excluding carboxylic acids is 1. The first-order chi connectivity index (χ1) is 11.5. The molecule has 1 aromatic carbocycles. The molecule has 3 nitrogen and oxygen atoms in total. The van der Waals surface area contributed by atoms with Gasteiger partial charge in [-0.1, -0.05) is 12.6 Å². The fourth-order valence-electron chi connectivity index (χ4n) is 4.21. The van der Waals surface area contributed by atoms with Gasteiger partial charge in [0.2, 0.25) is 5.91 Å². The Balaban J connectivity index is 1.36. The zero-order valence-electron chi connectivity index (χ0n) is 13.5. The number of ether oxygens (including phenoxy) is 1. The van der Waals surface area contributed by atoms with E-state index in [-0.39, 0.29) is 11.8 Å². The molecular weight excluding hydrogens is 312 g/mol. The number of halogens is 2. The highest BCUT2D eigenvalue weighted by molar-refractivity contribution is 5.87. The number of rotatable bonds is 4. The van der Waals surface area contributed by atoms with Gasteiger partial charge in [-0.25, -0.2) is 8.78 Å². The van der Waals surface area contributed by atoms with E-state index in [4.69, 9.17) is 4.74 Å². The van der Waals surface area contributed by atoms with E-state index in [0.717, 1.165) is 17.7 Å². The molecule has 2 saturated carbocycles. The number of carbonyl (C=O) groups is 1. The summed E-state index contributed by atoms with van der Waals surface area (Å²) in [4.78, 5) is 13.5. The molecule has 0 radical (unpaired) electrons. The Kier molecular flexibility index (Phi) is 3.62. The predicted octanol–water partition coefficient (Wildman–Crippen LogP) is 3.43. The summed E-state index contributed by atoms with van der Waals surface area (Å²) in [5, 5.41) is 0. The predicted molar refractivity (Wildman–Crippen MR) is 85.9 cm³/mol. The lowest BCUT2D eigenvalue weighted by molar-refractivity contribution is -0.126. The highest BCUT2D eigenvalue weighted by Gasteiger charge is 2.71. The highest BCUT2D eigenvalue weighted by Crippen LogP contribution is 2.65. The summed E-state index contributed by atoms with van der Waals surface area (Å²) in [7, 11) is 0.